The van der Waals surface area contributed by atoms with Gasteiger partial charge < -0.3 is 14.4 Å². The lowest BCUT2D eigenvalue weighted by Crippen LogP contribution is -2.36. The van der Waals surface area contributed by atoms with Crippen molar-refractivity contribution in [2.24, 2.45) is 0 Å². The van der Waals surface area contributed by atoms with Gasteiger partial charge in [-0.3, -0.25) is 4.79 Å². The largest absolute Gasteiger partial charge is 0.493 e. The number of amides is 1. The third-order valence-electron chi connectivity index (χ3n) is 4.01. The fraction of sp³-hybridized carbons (Fsp3) is 0.471. The van der Waals surface area contributed by atoms with Crippen LogP contribution < -0.4 is 9.47 Å². The molecule has 0 bridgehead atoms. The van der Waals surface area contributed by atoms with Gasteiger partial charge in [0.1, 0.15) is 0 Å². The molecule has 1 aliphatic rings. The first-order valence-electron chi connectivity index (χ1n) is 7.82. The van der Waals surface area contributed by atoms with Crippen LogP contribution in [-0.2, 0) is 14.6 Å². The summed E-state index contributed by atoms with van der Waals surface area (Å²) >= 11 is 0. The number of likely N-dealkylation sites (N-methyl/N-ethyl adjacent to an activating group) is 1. The van der Waals surface area contributed by atoms with Crippen LogP contribution in [0.25, 0.3) is 6.08 Å². The molecule has 2 rings (SSSR count). The summed E-state index contributed by atoms with van der Waals surface area (Å²) in [6.45, 7) is 2.43. The van der Waals surface area contributed by atoms with Gasteiger partial charge in [0.25, 0.3) is 0 Å². The fourth-order valence-electron chi connectivity index (χ4n) is 2.61. The molecular weight excluding hydrogens is 330 g/mol. The molecular formula is C17H23NO5S. The Morgan fingerprint density at radius 1 is 1.38 bits per heavy atom. The van der Waals surface area contributed by atoms with Crippen molar-refractivity contribution in [1.29, 1.82) is 0 Å². The molecule has 132 valence electrons. The fourth-order valence-corrected chi connectivity index (χ4v) is 4.38. The highest BCUT2D eigenvalue weighted by molar-refractivity contribution is 7.91. The van der Waals surface area contributed by atoms with Crippen LogP contribution in [0.15, 0.2) is 24.3 Å². The molecule has 1 fully saturated rings. The van der Waals surface area contributed by atoms with E-state index >= 15 is 0 Å². The number of hydrogen-bond acceptors (Lipinski definition) is 5. The van der Waals surface area contributed by atoms with Crippen LogP contribution in [0.4, 0.5) is 0 Å². The van der Waals surface area contributed by atoms with Crippen LogP contribution in [0.5, 0.6) is 11.5 Å². The Bertz CT molecular complexity index is 726. The van der Waals surface area contributed by atoms with Crippen molar-refractivity contribution in [2.45, 2.75) is 19.4 Å². The Kier molecular flexibility index (Phi) is 5.88. The number of nitrogens with zero attached hydrogens (tertiary/aromatic N) is 1. The molecule has 1 aromatic carbocycles. The van der Waals surface area contributed by atoms with Gasteiger partial charge in [-0.2, -0.15) is 0 Å². The van der Waals surface area contributed by atoms with Crippen LogP contribution >= 0.6 is 0 Å². The van der Waals surface area contributed by atoms with E-state index in [1.165, 1.54) is 11.0 Å². The first-order chi connectivity index (χ1) is 11.4. The lowest BCUT2D eigenvalue weighted by Gasteiger charge is -2.21. The van der Waals surface area contributed by atoms with Gasteiger partial charge in [0.2, 0.25) is 5.91 Å². The summed E-state index contributed by atoms with van der Waals surface area (Å²) < 4.78 is 33.8. The molecule has 1 atom stereocenters. The third-order valence-corrected chi connectivity index (χ3v) is 5.76. The smallest absolute Gasteiger partial charge is 0.246 e. The van der Waals surface area contributed by atoms with Gasteiger partial charge in [-0.25, -0.2) is 8.42 Å². The van der Waals surface area contributed by atoms with Gasteiger partial charge in [-0.1, -0.05) is 6.07 Å². The normalized spacial score (nSPS) is 19.4. The molecule has 0 radical (unpaired) electrons. The Balaban J connectivity index is 2.05. The van der Waals surface area contributed by atoms with E-state index in [0.717, 1.165) is 5.56 Å². The molecule has 1 saturated heterocycles. The monoisotopic (exact) mass is 353 g/mol. The van der Waals surface area contributed by atoms with Gasteiger partial charge >= 0.3 is 0 Å². The molecule has 0 saturated carbocycles. The highest BCUT2D eigenvalue weighted by Gasteiger charge is 2.31. The Morgan fingerprint density at radius 3 is 2.71 bits per heavy atom. The zero-order chi connectivity index (χ0) is 17.7. The summed E-state index contributed by atoms with van der Waals surface area (Å²) in [6.07, 6.45) is 3.62. The van der Waals surface area contributed by atoms with Crippen LogP contribution in [0.1, 0.15) is 18.9 Å². The van der Waals surface area contributed by atoms with E-state index in [0.29, 0.717) is 24.5 Å². The molecule has 1 heterocycles. The second kappa shape index (κ2) is 7.70. The van der Waals surface area contributed by atoms with Crippen LogP contribution in [0.2, 0.25) is 0 Å². The van der Waals surface area contributed by atoms with Crippen molar-refractivity contribution in [1.82, 2.24) is 4.90 Å². The van der Waals surface area contributed by atoms with Gasteiger partial charge in [0.15, 0.2) is 21.3 Å². The summed E-state index contributed by atoms with van der Waals surface area (Å²) in [6, 6.07) is 5.16. The van der Waals surface area contributed by atoms with Crippen molar-refractivity contribution < 1.29 is 22.7 Å². The Hall–Kier alpha value is -2.02. The van der Waals surface area contributed by atoms with Crippen molar-refractivity contribution in [3.8, 4) is 11.5 Å². The van der Waals surface area contributed by atoms with Crippen LogP contribution in [-0.4, -0.2) is 57.5 Å². The first kappa shape index (κ1) is 18.3. The standard InChI is InChI=1S/C17H23NO5S/c1-4-23-15-7-5-13(11-16(15)22-3)6-8-17(19)18(2)14-9-10-24(20,21)12-14/h5-8,11,14H,4,9-10,12H2,1-3H3. The van der Waals surface area contributed by atoms with Gasteiger partial charge in [0, 0.05) is 19.2 Å². The molecule has 0 N–H and O–H groups in total. The van der Waals surface area contributed by atoms with Gasteiger partial charge in [-0.05, 0) is 37.1 Å². The minimum atomic E-state index is -3.01. The number of carbonyl (C=O) groups excluding carboxylic acids is 1. The summed E-state index contributed by atoms with van der Waals surface area (Å²) in [5.41, 5.74) is 0.802. The maximum atomic E-state index is 12.2. The number of benzene rings is 1. The van der Waals surface area contributed by atoms with Gasteiger partial charge in [-0.15, -0.1) is 0 Å². The number of sulfone groups is 1. The molecule has 0 spiro atoms. The van der Waals surface area contributed by atoms with E-state index in [1.54, 1.807) is 32.4 Å². The van der Waals surface area contributed by atoms with E-state index in [2.05, 4.69) is 0 Å². The van der Waals surface area contributed by atoms with E-state index in [9.17, 15) is 13.2 Å². The molecule has 1 unspecified atom stereocenters. The summed E-state index contributed by atoms with van der Waals surface area (Å²) in [5, 5.41) is 0. The zero-order valence-corrected chi connectivity index (χ0v) is 15.0. The molecule has 1 amide bonds. The summed E-state index contributed by atoms with van der Waals surface area (Å²) in [7, 11) is 0.187. The quantitative estimate of drug-likeness (QED) is 0.729. The van der Waals surface area contributed by atoms with Crippen LogP contribution in [0.3, 0.4) is 0 Å². The minimum Gasteiger partial charge on any atom is -0.493 e. The van der Waals surface area contributed by atoms with Crippen molar-refractivity contribution in [3.05, 3.63) is 29.8 Å². The van der Waals surface area contributed by atoms with Gasteiger partial charge in [0.05, 0.1) is 25.2 Å². The SMILES string of the molecule is CCOc1ccc(C=CC(=O)N(C)C2CCS(=O)(=O)C2)cc1OC. The average molecular weight is 353 g/mol. The average Bonchev–Trinajstić information content (AvgIpc) is 2.93. The van der Waals surface area contributed by atoms with E-state index in [1.807, 2.05) is 13.0 Å². The number of hydrogen-bond donors (Lipinski definition) is 0. The van der Waals surface area contributed by atoms with Crippen molar-refractivity contribution >= 4 is 21.8 Å². The molecule has 0 aliphatic carbocycles. The summed E-state index contributed by atoms with van der Waals surface area (Å²) in [5.74, 6) is 1.22. The number of methoxy groups -OCH3 is 1. The molecule has 24 heavy (non-hydrogen) atoms. The lowest BCUT2D eigenvalue weighted by molar-refractivity contribution is -0.126. The Labute approximate surface area is 143 Å². The highest BCUT2D eigenvalue weighted by atomic mass is 32.2. The molecule has 7 heteroatoms. The van der Waals surface area contributed by atoms with Crippen molar-refractivity contribution in [2.75, 3.05) is 32.3 Å². The predicted octanol–water partition coefficient (Wildman–Crippen LogP) is 1.75. The minimum absolute atomic E-state index is 0.0416. The molecule has 6 nitrogen and oxygen atoms in total. The molecule has 0 aromatic heterocycles. The topological polar surface area (TPSA) is 72.9 Å². The number of carbonyl (C=O) groups is 1. The molecule has 1 aromatic rings. The maximum Gasteiger partial charge on any atom is 0.246 e. The number of rotatable bonds is 6. The zero-order valence-electron chi connectivity index (χ0n) is 14.2. The Morgan fingerprint density at radius 2 is 2.12 bits per heavy atom. The second-order valence-corrected chi connectivity index (χ2v) is 7.91. The maximum absolute atomic E-state index is 12.2. The van der Waals surface area contributed by atoms with Crippen LogP contribution in [0, 0.1) is 0 Å². The lowest BCUT2D eigenvalue weighted by atomic mass is 10.1. The third kappa shape index (κ3) is 4.50. The highest BCUT2D eigenvalue weighted by Crippen LogP contribution is 2.28. The molecule has 1 aliphatic heterocycles. The van der Waals surface area contributed by atoms with E-state index < -0.39 is 9.84 Å². The number of ether oxygens (including phenoxy) is 2. The van der Waals surface area contributed by atoms with E-state index in [-0.39, 0.29) is 23.5 Å². The summed E-state index contributed by atoms with van der Waals surface area (Å²) in [4.78, 5) is 13.7. The van der Waals surface area contributed by atoms with E-state index in [4.69, 9.17) is 9.47 Å². The second-order valence-electron chi connectivity index (χ2n) is 5.68. The first-order valence-corrected chi connectivity index (χ1v) is 9.64. The van der Waals surface area contributed by atoms with Crippen molar-refractivity contribution in [3.63, 3.8) is 0 Å². The predicted molar refractivity (Wildman–Crippen MR) is 93.0 cm³/mol.